The third-order valence-corrected chi connectivity index (χ3v) is 4.12. The molecule has 3 rings (SSSR count). The molecule has 21 heavy (non-hydrogen) atoms. The highest BCUT2D eigenvalue weighted by Gasteiger charge is 2.24. The van der Waals surface area contributed by atoms with E-state index >= 15 is 0 Å². The van der Waals surface area contributed by atoms with Crippen LogP contribution in [0, 0.1) is 0 Å². The van der Waals surface area contributed by atoms with Gasteiger partial charge in [0.05, 0.1) is 28.8 Å². The molecule has 114 valence electrons. The van der Waals surface area contributed by atoms with Crippen LogP contribution in [0.3, 0.4) is 0 Å². The molecule has 0 spiro atoms. The van der Waals surface area contributed by atoms with Crippen LogP contribution in [0.15, 0.2) is 12.1 Å². The van der Waals surface area contributed by atoms with E-state index in [0.717, 1.165) is 11.1 Å². The van der Waals surface area contributed by atoms with Crippen molar-refractivity contribution in [2.24, 2.45) is 0 Å². The van der Waals surface area contributed by atoms with Gasteiger partial charge in [-0.15, -0.1) is 0 Å². The number of carbonyl (C=O) groups is 1. The summed E-state index contributed by atoms with van der Waals surface area (Å²) in [6.45, 7) is 5.07. The molecular formula is C14H17Cl2N3O2. The Morgan fingerprint density at radius 3 is 2.71 bits per heavy atom. The molecule has 2 aromatic rings. The Kier molecular flexibility index (Phi) is 5.08. The third-order valence-electron chi connectivity index (χ3n) is 3.32. The molecule has 0 unspecified atom stereocenters. The molecule has 2 heterocycles. The van der Waals surface area contributed by atoms with Crippen molar-refractivity contribution in [2.45, 2.75) is 26.9 Å². The largest absolute Gasteiger partial charge is 0.387 e. The van der Waals surface area contributed by atoms with Crippen molar-refractivity contribution in [1.82, 2.24) is 14.7 Å². The molecular weight excluding hydrogens is 313 g/mol. The molecule has 5 nitrogen and oxygen atoms in total. The molecule has 7 heteroatoms. The predicted octanol–water partition coefficient (Wildman–Crippen LogP) is 2.70. The van der Waals surface area contributed by atoms with Crippen molar-refractivity contribution in [3.05, 3.63) is 27.9 Å². The highest BCUT2D eigenvalue weighted by molar-refractivity contribution is 6.45. The minimum atomic E-state index is -0.474. The van der Waals surface area contributed by atoms with E-state index in [-0.39, 0.29) is 5.91 Å². The average Bonchev–Trinajstić information content (AvgIpc) is 2.90. The van der Waals surface area contributed by atoms with Crippen LogP contribution in [0.1, 0.15) is 19.5 Å². The van der Waals surface area contributed by atoms with Gasteiger partial charge in [-0.3, -0.25) is 9.48 Å². The molecule has 0 saturated heterocycles. The summed E-state index contributed by atoms with van der Waals surface area (Å²) in [5.41, 5.74) is 1.57. The molecule has 0 saturated carbocycles. The first-order valence-corrected chi connectivity index (χ1v) is 7.59. The Hall–Kier alpha value is -1.30. The summed E-state index contributed by atoms with van der Waals surface area (Å²) in [7, 11) is 0. The second kappa shape index (κ2) is 6.64. The third kappa shape index (κ3) is 2.86. The van der Waals surface area contributed by atoms with Crippen molar-refractivity contribution in [3.8, 4) is 0 Å². The van der Waals surface area contributed by atoms with E-state index in [0.29, 0.717) is 35.2 Å². The monoisotopic (exact) mass is 329 g/mol. The number of benzene rings is 1. The highest BCUT2D eigenvalue weighted by atomic mass is 35.5. The maximum absolute atomic E-state index is 11.6. The minimum absolute atomic E-state index is 0.277. The lowest BCUT2D eigenvalue weighted by Gasteiger charge is -2.27. The topological polar surface area (TPSA) is 58.4 Å². The normalized spacial score (nSPS) is 13.7. The van der Waals surface area contributed by atoms with Crippen LogP contribution in [0.25, 0.3) is 10.9 Å². The maximum atomic E-state index is 11.6. The molecule has 0 bridgehead atoms. The summed E-state index contributed by atoms with van der Waals surface area (Å²) in [4.78, 5) is 13.2. The van der Waals surface area contributed by atoms with Gasteiger partial charge in [-0.1, -0.05) is 37.0 Å². The van der Waals surface area contributed by atoms with Crippen molar-refractivity contribution < 1.29 is 9.90 Å². The van der Waals surface area contributed by atoms with Gasteiger partial charge in [0.15, 0.2) is 0 Å². The molecule has 1 aromatic heterocycles. The molecule has 0 aliphatic carbocycles. The average molecular weight is 330 g/mol. The molecule has 1 aliphatic heterocycles. The quantitative estimate of drug-likeness (QED) is 0.875. The molecule has 1 amide bonds. The number of halogens is 2. The van der Waals surface area contributed by atoms with Gasteiger partial charge in [-0.2, -0.15) is 5.10 Å². The SMILES string of the molecule is CC.O=C(CO)N1CCn2nc3c(Cl)c(Cl)ccc3c2C1. The lowest BCUT2D eigenvalue weighted by Crippen LogP contribution is -2.39. The number of carbonyl (C=O) groups excluding carboxylic acids is 1. The molecule has 1 N–H and O–H groups in total. The van der Waals surface area contributed by atoms with Gasteiger partial charge >= 0.3 is 0 Å². The van der Waals surface area contributed by atoms with Gasteiger partial charge in [0, 0.05) is 11.9 Å². The number of aromatic nitrogens is 2. The van der Waals surface area contributed by atoms with Gasteiger partial charge in [0.25, 0.3) is 0 Å². The number of fused-ring (bicyclic) bond motifs is 3. The van der Waals surface area contributed by atoms with Gasteiger partial charge in [0.1, 0.15) is 12.1 Å². The fourth-order valence-corrected chi connectivity index (χ4v) is 2.69. The second-order valence-electron chi connectivity index (χ2n) is 4.40. The molecule has 1 aromatic carbocycles. The van der Waals surface area contributed by atoms with E-state index in [1.54, 1.807) is 11.0 Å². The minimum Gasteiger partial charge on any atom is -0.387 e. The number of amides is 1. The fraction of sp³-hybridized carbons (Fsp3) is 0.429. The summed E-state index contributed by atoms with van der Waals surface area (Å²) < 4.78 is 1.84. The van der Waals surface area contributed by atoms with Crippen LogP contribution in [-0.4, -0.2) is 38.8 Å². The van der Waals surface area contributed by atoms with E-state index < -0.39 is 6.61 Å². The zero-order valence-electron chi connectivity index (χ0n) is 11.9. The van der Waals surface area contributed by atoms with E-state index in [9.17, 15) is 4.79 Å². The standard InChI is InChI=1S/C12H11Cl2N3O2.C2H6/c13-8-2-1-7-9-5-16(10(19)6-18)3-4-17(9)15-12(7)11(8)14;1-2/h1-2,18H,3-6H2;1-2H3. The first-order valence-electron chi connectivity index (χ1n) is 6.84. The number of hydrogen-bond donors (Lipinski definition) is 1. The maximum Gasteiger partial charge on any atom is 0.248 e. The van der Waals surface area contributed by atoms with E-state index in [1.807, 2.05) is 24.6 Å². The molecule has 1 aliphatic rings. The first kappa shape index (κ1) is 16.1. The van der Waals surface area contributed by atoms with E-state index in [4.69, 9.17) is 28.3 Å². The summed E-state index contributed by atoms with van der Waals surface area (Å²) in [5.74, 6) is -0.277. The second-order valence-corrected chi connectivity index (χ2v) is 5.19. The van der Waals surface area contributed by atoms with Gasteiger partial charge in [-0.25, -0.2) is 0 Å². The van der Waals surface area contributed by atoms with Crippen LogP contribution < -0.4 is 0 Å². The lowest BCUT2D eigenvalue weighted by molar-refractivity contribution is -0.135. The van der Waals surface area contributed by atoms with Crippen molar-refractivity contribution in [1.29, 1.82) is 0 Å². The van der Waals surface area contributed by atoms with Crippen LogP contribution in [-0.2, 0) is 17.9 Å². The van der Waals surface area contributed by atoms with Gasteiger partial charge in [-0.05, 0) is 12.1 Å². The van der Waals surface area contributed by atoms with E-state index in [2.05, 4.69) is 5.10 Å². The van der Waals surface area contributed by atoms with Crippen LogP contribution >= 0.6 is 23.2 Å². The lowest BCUT2D eigenvalue weighted by atomic mass is 10.2. The van der Waals surface area contributed by atoms with Crippen molar-refractivity contribution in [2.75, 3.05) is 13.2 Å². The Balaban J connectivity index is 0.000000774. The Labute approximate surface area is 133 Å². The number of nitrogens with zero attached hydrogens (tertiary/aromatic N) is 3. The van der Waals surface area contributed by atoms with Crippen LogP contribution in [0.4, 0.5) is 0 Å². The van der Waals surface area contributed by atoms with Crippen LogP contribution in [0.5, 0.6) is 0 Å². The van der Waals surface area contributed by atoms with Crippen molar-refractivity contribution in [3.63, 3.8) is 0 Å². The van der Waals surface area contributed by atoms with Gasteiger partial charge in [0.2, 0.25) is 5.91 Å². The molecule has 0 atom stereocenters. The van der Waals surface area contributed by atoms with Crippen LogP contribution in [0.2, 0.25) is 10.0 Å². The first-order chi connectivity index (χ1) is 10.1. The summed E-state index contributed by atoms with van der Waals surface area (Å²) >= 11 is 12.1. The summed E-state index contributed by atoms with van der Waals surface area (Å²) in [6, 6.07) is 3.58. The van der Waals surface area contributed by atoms with Crippen molar-refractivity contribution >= 4 is 40.0 Å². The Bertz CT molecular complexity index is 670. The zero-order valence-corrected chi connectivity index (χ0v) is 13.4. The van der Waals surface area contributed by atoms with Gasteiger partial charge < -0.3 is 10.0 Å². The highest BCUT2D eigenvalue weighted by Crippen LogP contribution is 2.33. The Morgan fingerprint density at radius 1 is 1.33 bits per heavy atom. The fourth-order valence-electron chi connectivity index (χ4n) is 2.33. The number of hydrogen-bond acceptors (Lipinski definition) is 3. The molecule has 0 fully saturated rings. The Morgan fingerprint density at radius 2 is 2.05 bits per heavy atom. The van der Waals surface area contributed by atoms with E-state index in [1.165, 1.54) is 0 Å². The number of aliphatic hydroxyl groups excluding tert-OH is 1. The number of aliphatic hydroxyl groups is 1. The zero-order chi connectivity index (χ0) is 15.6. The molecule has 0 radical (unpaired) electrons. The number of rotatable bonds is 1. The summed E-state index contributed by atoms with van der Waals surface area (Å²) in [5, 5.41) is 15.2. The predicted molar refractivity (Wildman–Crippen MR) is 83.6 cm³/mol. The smallest absolute Gasteiger partial charge is 0.248 e. The summed E-state index contributed by atoms with van der Waals surface area (Å²) in [6.07, 6.45) is 0.